The number of hydrogen-bond acceptors (Lipinski definition) is 6. The first kappa shape index (κ1) is 21.5. The number of benzene rings is 1. The van der Waals surface area contributed by atoms with Gasteiger partial charge in [-0.1, -0.05) is 0 Å². The highest BCUT2D eigenvalue weighted by atomic mass is 19.3. The smallest absolute Gasteiger partial charge is 0.260 e. The highest BCUT2D eigenvalue weighted by Crippen LogP contribution is 2.35. The third-order valence-corrected chi connectivity index (χ3v) is 5.96. The Balaban J connectivity index is 1.40. The third-order valence-electron chi connectivity index (χ3n) is 5.96. The number of ether oxygens (including phenoxy) is 2. The number of alkyl halides is 2. The van der Waals surface area contributed by atoms with Crippen molar-refractivity contribution in [2.24, 2.45) is 5.92 Å². The van der Waals surface area contributed by atoms with Crippen molar-refractivity contribution in [2.75, 3.05) is 38.7 Å². The number of nitrogens with zero attached hydrogens (tertiary/aromatic N) is 4. The molecule has 0 saturated carbocycles. The molecule has 8 nitrogen and oxygen atoms in total. The molecule has 1 amide bonds. The molecule has 0 radical (unpaired) electrons. The fourth-order valence-corrected chi connectivity index (χ4v) is 4.34. The number of piperidine rings is 1. The van der Waals surface area contributed by atoms with Gasteiger partial charge in [0.2, 0.25) is 5.95 Å². The van der Waals surface area contributed by atoms with Crippen LogP contribution in [0.5, 0.6) is 5.75 Å². The molecule has 3 atom stereocenters. The molecular formula is C21H27F2N5O3. The largest absolute Gasteiger partial charge is 0.491 e. The molecule has 0 unspecified atom stereocenters. The number of aromatic nitrogens is 3. The van der Waals surface area contributed by atoms with Crippen molar-refractivity contribution < 1.29 is 23.0 Å². The van der Waals surface area contributed by atoms with Crippen LogP contribution in [0.4, 0.5) is 14.7 Å². The van der Waals surface area contributed by atoms with Gasteiger partial charge >= 0.3 is 0 Å². The fraction of sp³-hybridized carbons (Fsp3) is 0.571. The molecule has 1 fully saturated rings. The molecule has 31 heavy (non-hydrogen) atoms. The van der Waals surface area contributed by atoms with E-state index in [-0.39, 0.29) is 24.3 Å². The van der Waals surface area contributed by atoms with Crippen molar-refractivity contribution >= 4 is 11.9 Å². The maximum absolute atomic E-state index is 13.6. The van der Waals surface area contributed by atoms with E-state index in [2.05, 4.69) is 15.4 Å². The summed E-state index contributed by atoms with van der Waals surface area (Å²) in [5, 5.41) is 7.19. The Bertz CT molecular complexity index is 876. The first-order valence-electron chi connectivity index (χ1n) is 10.5. The summed E-state index contributed by atoms with van der Waals surface area (Å²) in [5.74, 6) is 1.06. The molecule has 3 heterocycles. The molecule has 1 saturated heterocycles. The molecule has 1 aromatic carbocycles. The quantitative estimate of drug-likeness (QED) is 0.674. The summed E-state index contributed by atoms with van der Waals surface area (Å²) in [6.45, 7) is 2.11. The molecular weight excluding hydrogens is 408 g/mol. The average molecular weight is 435 g/mol. The van der Waals surface area contributed by atoms with Crippen LogP contribution >= 0.6 is 0 Å². The second kappa shape index (κ2) is 9.59. The number of halogens is 2. The van der Waals surface area contributed by atoms with E-state index in [1.54, 1.807) is 31.4 Å². The Morgan fingerprint density at radius 1 is 1.29 bits per heavy atom. The first-order chi connectivity index (χ1) is 15.1. The van der Waals surface area contributed by atoms with Crippen molar-refractivity contribution in [3.63, 3.8) is 0 Å². The number of methoxy groups -OCH3 is 1. The number of fused-ring (bicyclic) bond motifs is 1. The molecule has 0 aliphatic carbocycles. The number of rotatable bonds is 7. The highest BCUT2D eigenvalue weighted by Gasteiger charge is 2.39. The number of carbonyl (C=O) groups excluding carboxylic acids is 1. The summed E-state index contributed by atoms with van der Waals surface area (Å²) in [5.41, 5.74) is 0.585. The van der Waals surface area contributed by atoms with Crippen LogP contribution in [-0.2, 0) is 4.74 Å². The minimum absolute atomic E-state index is 0.0578. The van der Waals surface area contributed by atoms with Crippen LogP contribution in [0.3, 0.4) is 0 Å². The minimum atomic E-state index is -2.52. The van der Waals surface area contributed by atoms with Crippen molar-refractivity contribution in [1.82, 2.24) is 19.7 Å². The molecule has 0 spiro atoms. The third kappa shape index (κ3) is 4.79. The van der Waals surface area contributed by atoms with Crippen LogP contribution < -0.4 is 10.1 Å². The zero-order valence-corrected chi connectivity index (χ0v) is 17.4. The molecule has 1 N–H and O–H groups in total. The molecule has 2 aliphatic rings. The summed E-state index contributed by atoms with van der Waals surface area (Å²) >= 11 is 0. The summed E-state index contributed by atoms with van der Waals surface area (Å²) in [7, 11) is 1.61. The van der Waals surface area contributed by atoms with Crippen molar-refractivity contribution in [3.8, 4) is 5.75 Å². The number of carbonyl (C=O) groups is 1. The molecule has 2 aliphatic heterocycles. The second-order valence-corrected chi connectivity index (χ2v) is 7.94. The second-order valence-electron chi connectivity index (χ2n) is 7.94. The van der Waals surface area contributed by atoms with Gasteiger partial charge in [0.15, 0.2) is 0 Å². The van der Waals surface area contributed by atoms with E-state index in [1.165, 1.54) is 11.0 Å². The van der Waals surface area contributed by atoms with Crippen molar-refractivity contribution in [3.05, 3.63) is 36.2 Å². The number of amides is 1. The summed E-state index contributed by atoms with van der Waals surface area (Å²) in [6.07, 6.45) is 0.737. The Hall–Kier alpha value is -2.75. The Labute approximate surface area is 179 Å². The molecule has 1 aromatic heterocycles. The molecule has 0 bridgehead atoms. The zero-order chi connectivity index (χ0) is 21.8. The Morgan fingerprint density at radius 2 is 2.10 bits per heavy atom. The predicted molar refractivity (Wildman–Crippen MR) is 110 cm³/mol. The maximum Gasteiger partial charge on any atom is 0.260 e. The van der Waals surface area contributed by atoms with Gasteiger partial charge < -0.3 is 19.7 Å². The normalized spacial score (nSPS) is 23.4. The standard InChI is InChI=1S/C21H27F2N5O3/c1-30-9-10-31-16-6-4-14(5-7-16)20(29)27-8-2-3-15(12-27)17-11-18(19(22)23)28-21(26-17)24-13-25-28/h4-7,13,15,17-19H,2-3,8-12H2,1H3,(H,24,25,26)/t15-,17-,18+/m0/s1. The van der Waals surface area contributed by atoms with Crippen LogP contribution in [0.1, 0.15) is 35.7 Å². The Morgan fingerprint density at radius 3 is 2.84 bits per heavy atom. The molecule has 168 valence electrons. The van der Waals surface area contributed by atoms with Crippen LogP contribution in [-0.4, -0.2) is 71.5 Å². The SMILES string of the molecule is COCCOc1ccc(C(=O)N2CCC[C@H]([C@@H]3C[C@H](C(F)F)n4ncnc4N3)C2)cc1. The number of nitrogens with one attached hydrogen (secondary N) is 1. The van der Waals surface area contributed by atoms with E-state index < -0.39 is 12.5 Å². The molecule has 4 rings (SSSR count). The summed E-state index contributed by atoms with van der Waals surface area (Å²) in [4.78, 5) is 18.9. The van der Waals surface area contributed by atoms with Crippen LogP contribution in [0.15, 0.2) is 30.6 Å². The number of hydrogen-bond donors (Lipinski definition) is 1. The van der Waals surface area contributed by atoms with E-state index in [0.29, 0.717) is 43.6 Å². The summed E-state index contributed by atoms with van der Waals surface area (Å²) in [6, 6.07) is 5.87. The van der Waals surface area contributed by atoms with Gasteiger partial charge in [-0.05, 0) is 49.4 Å². The van der Waals surface area contributed by atoms with Crippen LogP contribution in [0.2, 0.25) is 0 Å². The van der Waals surface area contributed by atoms with Gasteiger partial charge in [-0.2, -0.15) is 10.1 Å². The van der Waals surface area contributed by atoms with Gasteiger partial charge in [-0.3, -0.25) is 4.79 Å². The topological polar surface area (TPSA) is 81.5 Å². The lowest BCUT2D eigenvalue weighted by Crippen LogP contribution is -2.48. The van der Waals surface area contributed by atoms with Gasteiger partial charge in [0.25, 0.3) is 12.3 Å². The van der Waals surface area contributed by atoms with Crippen LogP contribution in [0, 0.1) is 5.92 Å². The van der Waals surface area contributed by atoms with Gasteiger partial charge in [0.05, 0.1) is 6.61 Å². The van der Waals surface area contributed by atoms with Gasteiger partial charge in [0.1, 0.15) is 24.7 Å². The minimum Gasteiger partial charge on any atom is -0.491 e. The van der Waals surface area contributed by atoms with E-state index in [1.807, 2.05) is 4.90 Å². The zero-order valence-electron chi connectivity index (χ0n) is 17.4. The summed E-state index contributed by atoms with van der Waals surface area (Å²) < 4.78 is 38.9. The monoisotopic (exact) mass is 435 g/mol. The number of anilines is 1. The van der Waals surface area contributed by atoms with Gasteiger partial charge in [-0.25, -0.2) is 13.5 Å². The Kier molecular flexibility index (Phi) is 6.64. The number of likely N-dealkylation sites (tertiary alicyclic amines) is 1. The lowest BCUT2D eigenvalue weighted by molar-refractivity contribution is 0.0504. The predicted octanol–water partition coefficient (Wildman–Crippen LogP) is 2.85. The van der Waals surface area contributed by atoms with Crippen molar-refractivity contribution in [2.45, 2.75) is 37.8 Å². The van der Waals surface area contributed by atoms with Crippen LogP contribution in [0.25, 0.3) is 0 Å². The van der Waals surface area contributed by atoms with Gasteiger partial charge in [0, 0.05) is 31.8 Å². The average Bonchev–Trinajstić information content (AvgIpc) is 3.27. The lowest BCUT2D eigenvalue weighted by atomic mass is 9.86. The molecule has 2 aromatic rings. The fourth-order valence-electron chi connectivity index (χ4n) is 4.34. The highest BCUT2D eigenvalue weighted by molar-refractivity contribution is 5.94. The van der Waals surface area contributed by atoms with E-state index >= 15 is 0 Å². The molecule has 10 heteroatoms. The van der Waals surface area contributed by atoms with E-state index in [4.69, 9.17) is 9.47 Å². The maximum atomic E-state index is 13.6. The van der Waals surface area contributed by atoms with Gasteiger partial charge in [-0.15, -0.1) is 0 Å². The van der Waals surface area contributed by atoms with E-state index in [0.717, 1.165) is 12.8 Å². The first-order valence-corrected chi connectivity index (χ1v) is 10.5. The lowest BCUT2D eigenvalue weighted by Gasteiger charge is -2.40. The van der Waals surface area contributed by atoms with Crippen molar-refractivity contribution in [1.29, 1.82) is 0 Å². The van der Waals surface area contributed by atoms with E-state index in [9.17, 15) is 13.6 Å².